The summed E-state index contributed by atoms with van der Waals surface area (Å²) >= 11 is 0. The summed E-state index contributed by atoms with van der Waals surface area (Å²) in [6, 6.07) is 21.3. The van der Waals surface area contributed by atoms with Gasteiger partial charge in [-0.25, -0.2) is 4.79 Å². The monoisotopic (exact) mass is 564 g/mol. The largest absolute Gasteiger partial charge is 0.497 e. The van der Waals surface area contributed by atoms with E-state index in [-0.39, 0.29) is 26.1 Å². The molecule has 0 radical (unpaired) electrons. The normalized spacial score (nSPS) is 12.8. The minimum Gasteiger partial charge on any atom is -0.497 e. The van der Waals surface area contributed by atoms with Gasteiger partial charge >= 0.3 is 12.1 Å². The number of hydrogen-bond donors (Lipinski definition) is 3. The van der Waals surface area contributed by atoms with E-state index in [1.807, 2.05) is 48.5 Å². The number of rotatable bonds is 14. The van der Waals surface area contributed by atoms with E-state index in [9.17, 15) is 19.5 Å². The van der Waals surface area contributed by atoms with Gasteiger partial charge in [-0.05, 0) is 42.7 Å². The zero-order chi connectivity index (χ0) is 29.6. The number of aliphatic hydroxyl groups is 1. The second-order valence-corrected chi connectivity index (χ2v) is 9.29. The fourth-order valence-corrected chi connectivity index (χ4v) is 3.99. The number of carbonyl (C=O) groups excluding carboxylic acids is 3. The molecule has 0 heterocycles. The molecule has 0 fully saturated rings. The van der Waals surface area contributed by atoms with Gasteiger partial charge in [-0.2, -0.15) is 0 Å². The zero-order valence-electron chi connectivity index (χ0n) is 23.4. The van der Waals surface area contributed by atoms with Crippen molar-refractivity contribution in [3.63, 3.8) is 0 Å². The van der Waals surface area contributed by atoms with Crippen molar-refractivity contribution in [3.8, 4) is 11.5 Å². The van der Waals surface area contributed by atoms with Crippen molar-refractivity contribution in [1.29, 1.82) is 0 Å². The van der Waals surface area contributed by atoms with Gasteiger partial charge in [0.15, 0.2) is 0 Å². The maximum absolute atomic E-state index is 13.3. The lowest BCUT2D eigenvalue weighted by molar-refractivity contribution is -0.145. The quantitative estimate of drug-likeness (QED) is 0.250. The summed E-state index contributed by atoms with van der Waals surface area (Å²) in [4.78, 5) is 38.3. The fraction of sp³-hybridized carbons (Fsp3) is 0.323. The molecule has 3 atom stereocenters. The van der Waals surface area contributed by atoms with E-state index < -0.39 is 36.2 Å². The number of amides is 2. The van der Waals surface area contributed by atoms with Crippen LogP contribution in [-0.4, -0.2) is 49.4 Å². The molecule has 0 saturated heterocycles. The summed E-state index contributed by atoms with van der Waals surface area (Å²) in [5, 5.41) is 16.3. The van der Waals surface area contributed by atoms with Crippen LogP contribution in [0.25, 0.3) is 0 Å². The molecule has 0 bridgehead atoms. The number of ether oxygens (including phenoxy) is 4. The van der Waals surface area contributed by atoms with E-state index >= 15 is 0 Å². The molecule has 0 saturated carbocycles. The van der Waals surface area contributed by atoms with E-state index in [2.05, 4.69) is 10.6 Å². The SMILES string of the molecule is COc1ccc(OC)c([C@@H](O)[C@H](C)NC(=O)[C@H](CCC(=O)OCc2ccccc2)NC(=O)OCc2ccccc2)c1. The Morgan fingerprint density at radius 2 is 1.41 bits per heavy atom. The number of methoxy groups -OCH3 is 2. The Morgan fingerprint density at radius 1 is 0.805 bits per heavy atom. The number of aliphatic hydroxyl groups excluding tert-OH is 1. The van der Waals surface area contributed by atoms with Gasteiger partial charge in [0.05, 0.1) is 20.3 Å². The van der Waals surface area contributed by atoms with E-state index in [0.717, 1.165) is 11.1 Å². The molecular weight excluding hydrogens is 528 g/mol. The molecule has 3 rings (SSSR count). The number of esters is 1. The van der Waals surface area contributed by atoms with Crippen molar-refractivity contribution in [2.24, 2.45) is 0 Å². The molecule has 0 aliphatic carbocycles. The van der Waals surface area contributed by atoms with Gasteiger partial charge in [0.25, 0.3) is 0 Å². The lowest BCUT2D eigenvalue weighted by Crippen LogP contribution is -2.50. The third-order valence-electron chi connectivity index (χ3n) is 6.30. The highest BCUT2D eigenvalue weighted by molar-refractivity contribution is 5.86. The number of carbonyl (C=O) groups is 3. The topological polar surface area (TPSA) is 132 Å². The molecule has 218 valence electrons. The standard InChI is InChI=1S/C31H36N2O8/c1-21(29(35)25-18-24(38-2)14-16-27(25)39-3)32-30(36)26(33-31(37)41-20-23-12-8-5-9-13-23)15-17-28(34)40-19-22-10-6-4-7-11-22/h4-14,16,18,21,26,29,35H,15,17,19-20H2,1-3H3,(H,32,36)(H,33,37)/t21-,26-,29-/m0/s1. The fourth-order valence-electron chi connectivity index (χ4n) is 3.99. The Labute approximate surface area is 239 Å². The Kier molecular flexibility index (Phi) is 12.0. The van der Waals surface area contributed by atoms with Gasteiger partial charge in [-0.15, -0.1) is 0 Å². The first kappa shape index (κ1) is 31.0. The summed E-state index contributed by atoms with van der Waals surface area (Å²) in [5.74, 6) is -0.209. The van der Waals surface area contributed by atoms with Crippen molar-refractivity contribution < 1.29 is 38.4 Å². The molecule has 10 heteroatoms. The van der Waals surface area contributed by atoms with Crippen LogP contribution in [-0.2, 0) is 32.3 Å². The van der Waals surface area contributed by atoms with Crippen molar-refractivity contribution in [2.75, 3.05) is 14.2 Å². The van der Waals surface area contributed by atoms with Gasteiger partial charge < -0.3 is 34.7 Å². The first-order chi connectivity index (χ1) is 19.8. The molecular formula is C31H36N2O8. The first-order valence-corrected chi connectivity index (χ1v) is 13.2. The van der Waals surface area contributed by atoms with Crippen LogP contribution < -0.4 is 20.1 Å². The molecule has 0 aliphatic heterocycles. The Morgan fingerprint density at radius 3 is 2.00 bits per heavy atom. The molecule has 2 amide bonds. The Balaban J connectivity index is 1.65. The van der Waals surface area contributed by atoms with Crippen molar-refractivity contribution in [3.05, 3.63) is 95.6 Å². The molecule has 3 aromatic rings. The summed E-state index contributed by atoms with van der Waals surface area (Å²) in [5.41, 5.74) is 2.02. The second kappa shape index (κ2) is 15.9. The molecule has 0 unspecified atom stereocenters. The summed E-state index contributed by atoms with van der Waals surface area (Å²) < 4.78 is 21.2. The van der Waals surface area contributed by atoms with Gasteiger partial charge in [0, 0.05) is 12.0 Å². The number of benzene rings is 3. The van der Waals surface area contributed by atoms with Gasteiger partial charge in [0.1, 0.15) is 36.9 Å². The predicted octanol–water partition coefficient (Wildman–Crippen LogP) is 4.06. The minimum absolute atomic E-state index is 0.00484. The van der Waals surface area contributed by atoms with Crippen molar-refractivity contribution >= 4 is 18.0 Å². The van der Waals surface area contributed by atoms with Crippen LogP contribution in [0.4, 0.5) is 4.79 Å². The summed E-state index contributed by atoms with van der Waals surface area (Å²) in [7, 11) is 2.97. The van der Waals surface area contributed by atoms with Crippen LogP contribution in [0, 0.1) is 0 Å². The third kappa shape index (κ3) is 9.84. The highest BCUT2D eigenvalue weighted by Crippen LogP contribution is 2.31. The van der Waals surface area contributed by atoms with Gasteiger partial charge in [-0.3, -0.25) is 9.59 Å². The highest BCUT2D eigenvalue weighted by atomic mass is 16.5. The van der Waals surface area contributed by atoms with Gasteiger partial charge in [0.2, 0.25) is 5.91 Å². The molecule has 0 aromatic heterocycles. The van der Waals surface area contributed by atoms with Crippen LogP contribution in [0.15, 0.2) is 78.9 Å². The number of hydrogen-bond acceptors (Lipinski definition) is 8. The molecule has 0 spiro atoms. The summed E-state index contributed by atoms with van der Waals surface area (Å²) in [6.07, 6.45) is -2.17. The number of alkyl carbamates (subject to hydrolysis) is 1. The number of nitrogens with one attached hydrogen (secondary N) is 2. The van der Waals surface area contributed by atoms with E-state index in [0.29, 0.717) is 17.1 Å². The van der Waals surface area contributed by atoms with Crippen LogP contribution >= 0.6 is 0 Å². The minimum atomic E-state index is -1.16. The molecule has 3 aromatic carbocycles. The molecule has 41 heavy (non-hydrogen) atoms. The average Bonchev–Trinajstić information content (AvgIpc) is 3.01. The maximum Gasteiger partial charge on any atom is 0.408 e. The zero-order valence-corrected chi connectivity index (χ0v) is 23.4. The van der Waals surface area contributed by atoms with Crippen LogP contribution in [0.1, 0.15) is 42.6 Å². The lowest BCUT2D eigenvalue weighted by atomic mass is 10.0. The predicted molar refractivity (Wildman–Crippen MR) is 151 cm³/mol. The smallest absolute Gasteiger partial charge is 0.408 e. The summed E-state index contributed by atoms with van der Waals surface area (Å²) in [6.45, 7) is 1.71. The Bertz CT molecular complexity index is 1270. The van der Waals surface area contributed by atoms with E-state index in [1.54, 1.807) is 37.3 Å². The van der Waals surface area contributed by atoms with Crippen molar-refractivity contribution in [2.45, 2.75) is 51.2 Å². The van der Waals surface area contributed by atoms with Crippen LogP contribution in [0.3, 0.4) is 0 Å². The van der Waals surface area contributed by atoms with Gasteiger partial charge in [-0.1, -0.05) is 60.7 Å². The van der Waals surface area contributed by atoms with Crippen molar-refractivity contribution in [1.82, 2.24) is 10.6 Å². The molecule has 0 aliphatic rings. The maximum atomic E-state index is 13.3. The second-order valence-electron chi connectivity index (χ2n) is 9.29. The van der Waals surface area contributed by atoms with Crippen LogP contribution in [0.5, 0.6) is 11.5 Å². The first-order valence-electron chi connectivity index (χ1n) is 13.2. The van der Waals surface area contributed by atoms with Crippen LogP contribution in [0.2, 0.25) is 0 Å². The van der Waals surface area contributed by atoms with E-state index in [1.165, 1.54) is 14.2 Å². The third-order valence-corrected chi connectivity index (χ3v) is 6.30. The van der Waals surface area contributed by atoms with E-state index in [4.69, 9.17) is 18.9 Å². The highest BCUT2D eigenvalue weighted by Gasteiger charge is 2.28. The molecule has 10 nitrogen and oxygen atoms in total. The average molecular weight is 565 g/mol. The lowest BCUT2D eigenvalue weighted by Gasteiger charge is -2.25. The molecule has 3 N–H and O–H groups in total. The Hall–Kier alpha value is -4.57.